The smallest absolute Gasteiger partial charge is 0.0591 e. The van der Waals surface area contributed by atoms with E-state index in [0.29, 0.717) is 0 Å². The van der Waals surface area contributed by atoms with E-state index in [4.69, 9.17) is 14.2 Å². The molecule has 0 bridgehead atoms. The maximum atomic E-state index is 5.27. The molecule has 0 saturated carbocycles. The van der Waals surface area contributed by atoms with Crippen LogP contribution in [0.2, 0.25) is 0 Å². The highest BCUT2D eigenvalue weighted by Crippen LogP contribution is 2.06. The first-order valence-corrected chi connectivity index (χ1v) is 7.94. The van der Waals surface area contributed by atoms with E-state index in [-0.39, 0.29) is 0 Å². The summed E-state index contributed by atoms with van der Waals surface area (Å²) in [5, 5.41) is 3.16. The van der Waals surface area contributed by atoms with Crippen LogP contribution in [0.15, 0.2) is 0 Å². The third-order valence-electron chi connectivity index (χ3n) is 3.25. The molecular weight excluding hydrogens is 242 g/mol. The summed E-state index contributed by atoms with van der Waals surface area (Å²) in [5.74, 6) is 0. The molecule has 0 radical (unpaired) electrons. The molecule has 3 rings (SSSR count). The topological polar surface area (TPSA) is 39.7 Å². The van der Waals surface area contributed by atoms with Crippen LogP contribution in [0.1, 0.15) is 44.9 Å². The molecule has 3 fully saturated rings. The first kappa shape index (κ1) is 16.9. The summed E-state index contributed by atoms with van der Waals surface area (Å²) >= 11 is 0. The van der Waals surface area contributed by atoms with Crippen LogP contribution in [-0.4, -0.2) is 52.7 Å². The maximum Gasteiger partial charge on any atom is 0.0591 e. The molecule has 19 heavy (non-hydrogen) atoms. The Labute approximate surface area is 118 Å². The van der Waals surface area contributed by atoms with Crippen molar-refractivity contribution in [1.29, 1.82) is 0 Å². The Bertz CT molecular complexity index is 128. The largest absolute Gasteiger partial charge is 0.381 e. The minimum absolute atomic E-state index is 0.889. The van der Waals surface area contributed by atoms with Gasteiger partial charge in [-0.25, -0.2) is 0 Å². The Morgan fingerprint density at radius 3 is 1.11 bits per heavy atom. The number of nitrogens with one attached hydrogen (secondary N) is 1. The van der Waals surface area contributed by atoms with Crippen molar-refractivity contribution in [1.82, 2.24) is 5.32 Å². The molecule has 0 aromatic heterocycles. The van der Waals surface area contributed by atoms with Crippen molar-refractivity contribution in [3.8, 4) is 0 Å². The van der Waals surface area contributed by atoms with Crippen molar-refractivity contribution in [2.75, 3.05) is 52.7 Å². The standard InChI is InChI=1S/C7H14O.C4H9NO.C4H8O/c1-2-4-6-8-7-5-3-1;1-3-6-4-2-5-1;1-2-4-5-3-1/h1-7H2;5H,1-4H2;1-4H2. The van der Waals surface area contributed by atoms with Crippen LogP contribution in [0, 0.1) is 0 Å². The second-order valence-electron chi connectivity index (χ2n) is 5.06. The van der Waals surface area contributed by atoms with Crippen molar-refractivity contribution in [2.24, 2.45) is 0 Å². The van der Waals surface area contributed by atoms with Gasteiger partial charge in [0, 0.05) is 39.5 Å². The van der Waals surface area contributed by atoms with Crippen LogP contribution in [0.3, 0.4) is 0 Å². The van der Waals surface area contributed by atoms with Crippen LogP contribution in [0.4, 0.5) is 0 Å². The first-order valence-electron chi connectivity index (χ1n) is 7.94. The summed E-state index contributed by atoms with van der Waals surface area (Å²) < 4.78 is 15.2. The number of hydrogen-bond acceptors (Lipinski definition) is 4. The van der Waals surface area contributed by atoms with E-state index in [1.165, 1.54) is 44.9 Å². The van der Waals surface area contributed by atoms with E-state index >= 15 is 0 Å². The zero-order valence-corrected chi connectivity index (χ0v) is 12.3. The van der Waals surface area contributed by atoms with E-state index in [2.05, 4.69) is 5.32 Å². The summed E-state index contributed by atoms with van der Waals surface area (Å²) in [6, 6.07) is 0. The predicted molar refractivity (Wildman–Crippen MR) is 77.6 cm³/mol. The molecule has 4 nitrogen and oxygen atoms in total. The average molecular weight is 273 g/mol. The lowest BCUT2D eigenvalue weighted by atomic mass is 10.1. The molecule has 4 heteroatoms. The molecule has 0 unspecified atom stereocenters. The molecule has 0 aromatic rings. The number of morpholine rings is 1. The molecule has 114 valence electrons. The van der Waals surface area contributed by atoms with Crippen molar-refractivity contribution >= 4 is 0 Å². The van der Waals surface area contributed by atoms with Gasteiger partial charge in [0.2, 0.25) is 0 Å². The van der Waals surface area contributed by atoms with Crippen molar-refractivity contribution < 1.29 is 14.2 Å². The second kappa shape index (κ2) is 14.3. The van der Waals surface area contributed by atoms with E-state index in [9.17, 15) is 0 Å². The van der Waals surface area contributed by atoms with Crippen LogP contribution < -0.4 is 5.32 Å². The van der Waals surface area contributed by atoms with Crippen LogP contribution in [0.25, 0.3) is 0 Å². The minimum atomic E-state index is 0.889. The van der Waals surface area contributed by atoms with Gasteiger partial charge in [0.15, 0.2) is 0 Å². The van der Waals surface area contributed by atoms with Crippen LogP contribution in [-0.2, 0) is 14.2 Å². The van der Waals surface area contributed by atoms with Gasteiger partial charge in [0.1, 0.15) is 0 Å². The Kier molecular flexibility index (Phi) is 12.7. The molecular formula is C15H31NO3. The highest BCUT2D eigenvalue weighted by atomic mass is 16.5. The molecule has 0 aromatic carbocycles. The third kappa shape index (κ3) is 12.6. The zero-order chi connectivity index (χ0) is 13.4. The molecule has 3 saturated heterocycles. The fourth-order valence-electron chi connectivity index (χ4n) is 2.07. The maximum absolute atomic E-state index is 5.27. The highest BCUT2D eigenvalue weighted by molar-refractivity contribution is 4.49. The summed E-state index contributed by atoms with van der Waals surface area (Å²) in [5.41, 5.74) is 0. The highest BCUT2D eigenvalue weighted by Gasteiger charge is 1.95. The van der Waals surface area contributed by atoms with Gasteiger partial charge >= 0.3 is 0 Å². The Morgan fingerprint density at radius 2 is 0.789 bits per heavy atom. The fourth-order valence-corrected chi connectivity index (χ4v) is 2.07. The van der Waals surface area contributed by atoms with Crippen molar-refractivity contribution in [3.05, 3.63) is 0 Å². The molecule has 3 aliphatic heterocycles. The molecule has 3 heterocycles. The van der Waals surface area contributed by atoms with Gasteiger partial charge in [-0.15, -0.1) is 0 Å². The van der Waals surface area contributed by atoms with Crippen LogP contribution in [0.5, 0.6) is 0 Å². The minimum Gasteiger partial charge on any atom is -0.381 e. The second-order valence-corrected chi connectivity index (χ2v) is 5.06. The molecule has 0 atom stereocenters. The Morgan fingerprint density at radius 1 is 0.421 bits per heavy atom. The van der Waals surface area contributed by atoms with Gasteiger partial charge in [-0.2, -0.15) is 0 Å². The summed E-state index contributed by atoms with van der Waals surface area (Å²) in [4.78, 5) is 0. The Hall–Kier alpha value is -0.160. The van der Waals surface area contributed by atoms with E-state index in [0.717, 1.165) is 52.7 Å². The quantitative estimate of drug-likeness (QED) is 0.735. The van der Waals surface area contributed by atoms with Gasteiger partial charge in [0.25, 0.3) is 0 Å². The summed E-state index contributed by atoms with van der Waals surface area (Å²) in [6.45, 7) is 7.83. The molecule has 1 N–H and O–H groups in total. The lowest BCUT2D eigenvalue weighted by Crippen LogP contribution is -2.30. The first-order chi connectivity index (χ1) is 9.50. The summed E-state index contributed by atoms with van der Waals surface area (Å²) in [6.07, 6.45) is 9.28. The summed E-state index contributed by atoms with van der Waals surface area (Å²) in [7, 11) is 0. The van der Waals surface area contributed by atoms with Gasteiger partial charge < -0.3 is 19.5 Å². The molecule has 0 spiro atoms. The van der Waals surface area contributed by atoms with Gasteiger partial charge in [0.05, 0.1) is 13.2 Å². The van der Waals surface area contributed by atoms with Crippen molar-refractivity contribution in [3.63, 3.8) is 0 Å². The Balaban J connectivity index is 0.000000147. The molecule has 3 aliphatic rings. The molecule has 0 aliphatic carbocycles. The lowest BCUT2D eigenvalue weighted by Gasteiger charge is -2.10. The van der Waals surface area contributed by atoms with Gasteiger partial charge in [-0.1, -0.05) is 19.3 Å². The number of rotatable bonds is 0. The molecule has 0 amide bonds. The average Bonchev–Trinajstić information content (AvgIpc) is 3.00. The van der Waals surface area contributed by atoms with Crippen LogP contribution >= 0.6 is 0 Å². The normalized spacial score (nSPS) is 24.0. The van der Waals surface area contributed by atoms with Gasteiger partial charge in [-0.3, -0.25) is 0 Å². The lowest BCUT2D eigenvalue weighted by molar-refractivity contribution is 0.109. The number of ether oxygens (including phenoxy) is 3. The predicted octanol–water partition coefficient (Wildman–Crippen LogP) is 2.37. The monoisotopic (exact) mass is 273 g/mol. The van der Waals surface area contributed by atoms with E-state index < -0.39 is 0 Å². The fraction of sp³-hybridized carbons (Fsp3) is 1.00. The van der Waals surface area contributed by atoms with Gasteiger partial charge in [-0.05, 0) is 25.7 Å². The SMILES string of the molecule is C1CCCOCCC1.C1CCOC1.C1COCCN1. The van der Waals surface area contributed by atoms with E-state index in [1.54, 1.807) is 0 Å². The van der Waals surface area contributed by atoms with E-state index in [1.807, 2.05) is 0 Å². The van der Waals surface area contributed by atoms with Crippen molar-refractivity contribution in [2.45, 2.75) is 44.9 Å². The zero-order valence-electron chi connectivity index (χ0n) is 12.3. The number of hydrogen-bond donors (Lipinski definition) is 1. The third-order valence-corrected chi connectivity index (χ3v) is 3.25.